The molecule has 0 aliphatic rings. The van der Waals surface area contributed by atoms with Gasteiger partial charge in [0, 0.05) is 24.5 Å². The van der Waals surface area contributed by atoms with Crippen molar-refractivity contribution in [3.8, 4) is 0 Å². The third-order valence-corrected chi connectivity index (χ3v) is 4.56. The molecule has 0 fully saturated rings. The average Bonchev–Trinajstić information content (AvgIpc) is 2.62. The van der Waals surface area contributed by atoms with Crippen LogP contribution in [0.3, 0.4) is 0 Å². The first-order valence-electron chi connectivity index (χ1n) is 8.13. The van der Waals surface area contributed by atoms with Crippen LogP contribution in [0.4, 0.5) is 5.69 Å². The lowest BCUT2D eigenvalue weighted by molar-refractivity contribution is -0.121. The molecule has 2 rings (SSSR count). The SMILES string of the molecule is CCC(=O)Nc1ccc([C@H](C)NC(=O)[C@@H](C)Sc2ncccn2)cc1. The van der Waals surface area contributed by atoms with E-state index < -0.39 is 0 Å². The second-order valence-corrected chi connectivity index (χ2v) is 6.85. The van der Waals surface area contributed by atoms with Crippen LogP contribution in [0, 0.1) is 0 Å². The molecule has 0 unspecified atom stereocenters. The van der Waals surface area contributed by atoms with Crippen LogP contribution in [0.5, 0.6) is 0 Å². The third kappa shape index (κ3) is 5.86. The van der Waals surface area contributed by atoms with Crippen molar-refractivity contribution < 1.29 is 9.59 Å². The molecule has 1 heterocycles. The van der Waals surface area contributed by atoms with Gasteiger partial charge in [-0.25, -0.2) is 9.97 Å². The van der Waals surface area contributed by atoms with Gasteiger partial charge in [-0.2, -0.15) is 0 Å². The first-order valence-corrected chi connectivity index (χ1v) is 9.01. The highest BCUT2D eigenvalue weighted by molar-refractivity contribution is 8.00. The van der Waals surface area contributed by atoms with E-state index in [1.807, 2.05) is 38.1 Å². The van der Waals surface area contributed by atoms with Crippen LogP contribution in [0.2, 0.25) is 0 Å². The van der Waals surface area contributed by atoms with Gasteiger partial charge in [0.15, 0.2) is 5.16 Å². The van der Waals surface area contributed by atoms with E-state index in [1.165, 1.54) is 11.8 Å². The Morgan fingerprint density at radius 3 is 2.36 bits per heavy atom. The number of carbonyl (C=O) groups is 2. The number of anilines is 1. The number of benzene rings is 1. The lowest BCUT2D eigenvalue weighted by Gasteiger charge is -2.17. The summed E-state index contributed by atoms with van der Waals surface area (Å²) in [6.45, 7) is 5.56. The number of nitrogens with zero attached hydrogens (tertiary/aromatic N) is 2. The minimum absolute atomic E-state index is 0.0249. The molecule has 0 bridgehead atoms. The summed E-state index contributed by atoms with van der Waals surface area (Å²) in [6.07, 6.45) is 3.75. The van der Waals surface area contributed by atoms with Gasteiger partial charge < -0.3 is 10.6 Å². The number of thioether (sulfide) groups is 1. The van der Waals surface area contributed by atoms with Gasteiger partial charge in [-0.1, -0.05) is 30.8 Å². The van der Waals surface area contributed by atoms with Gasteiger partial charge >= 0.3 is 0 Å². The Morgan fingerprint density at radius 2 is 1.76 bits per heavy atom. The lowest BCUT2D eigenvalue weighted by Crippen LogP contribution is -2.33. The van der Waals surface area contributed by atoms with Gasteiger partial charge in [0.25, 0.3) is 0 Å². The van der Waals surface area contributed by atoms with E-state index in [-0.39, 0.29) is 23.1 Å². The maximum Gasteiger partial charge on any atom is 0.233 e. The average molecular weight is 358 g/mol. The summed E-state index contributed by atoms with van der Waals surface area (Å²) >= 11 is 1.32. The number of aromatic nitrogens is 2. The molecule has 0 aliphatic carbocycles. The molecule has 0 spiro atoms. The molecule has 1 aromatic heterocycles. The molecule has 25 heavy (non-hydrogen) atoms. The summed E-state index contributed by atoms with van der Waals surface area (Å²) in [5, 5.41) is 6.06. The first kappa shape index (κ1) is 18.9. The fraction of sp³-hybridized carbons (Fsp3) is 0.333. The molecule has 7 heteroatoms. The Balaban J connectivity index is 1.90. The zero-order valence-electron chi connectivity index (χ0n) is 14.5. The van der Waals surface area contributed by atoms with Crippen LogP contribution in [0.15, 0.2) is 47.9 Å². The molecule has 0 saturated heterocycles. The van der Waals surface area contributed by atoms with Gasteiger partial charge in [0.1, 0.15) is 0 Å². The molecule has 2 atom stereocenters. The first-order chi connectivity index (χ1) is 12.0. The predicted octanol–water partition coefficient (Wildman–Crippen LogP) is 3.18. The summed E-state index contributed by atoms with van der Waals surface area (Å²) < 4.78 is 0. The molecule has 2 N–H and O–H groups in total. The second kappa shape index (κ2) is 9.17. The quantitative estimate of drug-likeness (QED) is 0.587. The summed E-state index contributed by atoms with van der Waals surface area (Å²) in [5.74, 6) is -0.101. The van der Waals surface area contributed by atoms with Gasteiger partial charge in [0.05, 0.1) is 11.3 Å². The van der Waals surface area contributed by atoms with E-state index >= 15 is 0 Å². The summed E-state index contributed by atoms with van der Waals surface area (Å²) in [5.41, 5.74) is 1.72. The van der Waals surface area contributed by atoms with Crippen molar-refractivity contribution >= 4 is 29.3 Å². The van der Waals surface area contributed by atoms with Crippen LogP contribution >= 0.6 is 11.8 Å². The molecule has 2 aromatic rings. The summed E-state index contributed by atoms with van der Waals surface area (Å²) in [4.78, 5) is 32.0. The van der Waals surface area contributed by atoms with E-state index in [1.54, 1.807) is 25.4 Å². The van der Waals surface area contributed by atoms with E-state index in [0.717, 1.165) is 11.3 Å². The molecule has 132 valence electrons. The van der Waals surface area contributed by atoms with Crippen molar-refractivity contribution in [3.63, 3.8) is 0 Å². The van der Waals surface area contributed by atoms with E-state index in [4.69, 9.17) is 0 Å². The van der Waals surface area contributed by atoms with Crippen molar-refractivity contribution in [1.29, 1.82) is 0 Å². The van der Waals surface area contributed by atoms with Crippen LogP contribution < -0.4 is 10.6 Å². The maximum absolute atomic E-state index is 12.3. The fourth-order valence-electron chi connectivity index (χ4n) is 2.08. The maximum atomic E-state index is 12.3. The van der Waals surface area contributed by atoms with Gasteiger partial charge in [-0.3, -0.25) is 9.59 Å². The normalized spacial score (nSPS) is 12.9. The third-order valence-electron chi connectivity index (χ3n) is 3.57. The molecule has 2 amide bonds. The number of nitrogens with one attached hydrogen (secondary N) is 2. The Kier molecular flexibility index (Phi) is 6.94. The van der Waals surface area contributed by atoms with Crippen LogP contribution in [0.1, 0.15) is 38.8 Å². The number of hydrogen-bond acceptors (Lipinski definition) is 5. The molecule has 0 saturated carbocycles. The highest BCUT2D eigenvalue weighted by Crippen LogP contribution is 2.21. The molecule has 0 aliphatic heterocycles. The number of hydrogen-bond donors (Lipinski definition) is 2. The number of amides is 2. The Labute approximate surface area is 151 Å². The van der Waals surface area contributed by atoms with Crippen LogP contribution in [-0.2, 0) is 9.59 Å². The van der Waals surface area contributed by atoms with Crippen LogP contribution in [-0.4, -0.2) is 27.0 Å². The molecular formula is C18H22N4O2S. The van der Waals surface area contributed by atoms with Crippen LogP contribution in [0.25, 0.3) is 0 Å². The topological polar surface area (TPSA) is 84.0 Å². The molecule has 0 radical (unpaired) electrons. The van der Waals surface area contributed by atoms with Crippen molar-refractivity contribution in [2.24, 2.45) is 0 Å². The summed E-state index contributed by atoms with van der Waals surface area (Å²) in [7, 11) is 0. The van der Waals surface area contributed by atoms with Gasteiger partial charge in [-0.15, -0.1) is 0 Å². The fourth-order valence-corrected chi connectivity index (χ4v) is 2.81. The Hall–Kier alpha value is -2.41. The van der Waals surface area contributed by atoms with Crippen molar-refractivity contribution in [3.05, 3.63) is 48.3 Å². The monoisotopic (exact) mass is 358 g/mol. The van der Waals surface area contributed by atoms with E-state index in [2.05, 4.69) is 20.6 Å². The van der Waals surface area contributed by atoms with Crippen molar-refractivity contribution in [2.75, 3.05) is 5.32 Å². The van der Waals surface area contributed by atoms with Crippen molar-refractivity contribution in [1.82, 2.24) is 15.3 Å². The van der Waals surface area contributed by atoms with Crippen molar-refractivity contribution in [2.45, 2.75) is 43.6 Å². The number of carbonyl (C=O) groups excluding carboxylic acids is 2. The highest BCUT2D eigenvalue weighted by Gasteiger charge is 2.18. The largest absolute Gasteiger partial charge is 0.349 e. The lowest BCUT2D eigenvalue weighted by atomic mass is 10.1. The molecule has 6 nitrogen and oxygen atoms in total. The second-order valence-electron chi connectivity index (χ2n) is 5.55. The Bertz CT molecular complexity index is 707. The minimum atomic E-state index is -0.298. The highest BCUT2D eigenvalue weighted by atomic mass is 32.2. The Morgan fingerprint density at radius 1 is 1.12 bits per heavy atom. The summed E-state index contributed by atoms with van der Waals surface area (Å²) in [6, 6.07) is 9.07. The van der Waals surface area contributed by atoms with Gasteiger partial charge in [-0.05, 0) is 37.6 Å². The predicted molar refractivity (Wildman–Crippen MR) is 99.3 cm³/mol. The molecule has 1 aromatic carbocycles. The number of rotatable bonds is 7. The molecular weight excluding hydrogens is 336 g/mol. The van der Waals surface area contributed by atoms with E-state index in [0.29, 0.717) is 11.6 Å². The smallest absolute Gasteiger partial charge is 0.233 e. The van der Waals surface area contributed by atoms with Gasteiger partial charge in [0.2, 0.25) is 11.8 Å². The zero-order chi connectivity index (χ0) is 18.2. The standard InChI is InChI=1S/C18H22N4O2S/c1-4-16(23)22-15-8-6-14(7-9-15)12(2)21-17(24)13(3)25-18-19-10-5-11-20-18/h5-13H,4H2,1-3H3,(H,21,24)(H,22,23)/t12-,13+/m0/s1. The van der Waals surface area contributed by atoms with E-state index in [9.17, 15) is 9.59 Å². The zero-order valence-corrected chi connectivity index (χ0v) is 15.3. The minimum Gasteiger partial charge on any atom is -0.349 e.